The Hall–Kier alpha value is -1.62. The van der Waals surface area contributed by atoms with E-state index in [2.05, 4.69) is 5.48 Å². The number of pyridine rings is 1. The summed E-state index contributed by atoms with van der Waals surface area (Å²) in [6, 6.07) is 2.82. The van der Waals surface area contributed by atoms with Crippen LogP contribution in [0.2, 0.25) is 0 Å². The van der Waals surface area contributed by atoms with Crippen molar-refractivity contribution in [3.05, 3.63) is 34.2 Å². The predicted octanol–water partition coefficient (Wildman–Crippen LogP) is 0.845. The third kappa shape index (κ3) is 3.51. The SMILES string of the molecule is Cn1ccc(C(=O)NOC(C)(C)C)cc1=O. The van der Waals surface area contributed by atoms with Gasteiger partial charge in [0.1, 0.15) is 0 Å². The Labute approximate surface area is 94.0 Å². The minimum absolute atomic E-state index is 0.233. The van der Waals surface area contributed by atoms with Crippen LogP contribution in [0.1, 0.15) is 31.1 Å². The number of hydroxylamine groups is 1. The summed E-state index contributed by atoms with van der Waals surface area (Å²) >= 11 is 0. The number of hydrogen-bond acceptors (Lipinski definition) is 3. The molecule has 0 bridgehead atoms. The zero-order valence-electron chi connectivity index (χ0n) is 9.90. The lowest BCUT2D eigenvalue weighted by Crippen LogP contribution is -2.34. The molecule has 1 rings (SSSR count). The summed E-state index contributed by atoms with van der Waals surface area (Å²) in [7, 11) is 1.62. The maximum Gasteiger partial charge on any atom is 0.275 e. The van der Waals surface area contributed by atoms with Crippen molar-refractivity contribution in [2.45, 2.75) is 26.4 Å². The molecule has 16 heavy (non-hydrogen) atoms. The van der Waals surface area contributed by atoms with Crippen molar-refractivity contribution in [2.75, 3.05) is 0 Å². The maximum atomic E-state index is 11.6. The molecule has 0 aliphatic carbocycles. The Morgan fingerprint density at radius 2 is 2.06 bits per heavy atom. The van der Waals surface area contributed by atoms with E-state index in [9.17, 15) is 9.59 Å². The van der Waals surface area contributed by atoms with Gasteiger partial charge in [0, 0.05) is 24.9 Å². The van der Waals surface area contributed by atoms with Crippen LogP contribution in [0.25, 0.3) is 0 Å². The standard InChI is InChI=1S/C11H16N2O3/c1-11(2,3)16-12-10(15)8-5-6-13(4)9(14)7-8/h5-7H,1-4H3,(H,12,15). The molecule has 0 atom stereocenters. The van der Waals surface area contributed by atoms with Gasteiger partial charge in [-0.15, -0.1) is 0 Å². The van der Waals surface area contributed by atoms with Gasteiger partial charge >= 0.3 is 0 Å². The third-order valence-corrected chi connectivity index (χ3v) is 1.82. The van der Waals surface area contributed by atoms with Crippen LogP contribution >= 0.6 is 0 Å². The average molecular weight is 224 g/mol. The van der Waals surface area contributed by atoms with E-state index >= 15 is 0 Å². The first-order valence-corrected chi connectivity index (χ1v) is 4.94. The van der Waals surface area contributed by atoms with Gasteiger partial charge in [0.2, 0.25) is 0 Å². The van der Waals surface area contributed by atoms with E-state index in [1.54, 1.807) is 13.1 Å². The van der Waals surface area contributed by atoms with Gasteiger partial charge in [-0.3, -0.25) is 14.4 Å². The van der Waals surface area contributed by atoms with E-state index in [4.69, 9.17) is 4.84 Å². The molecule has 0 aliphatic heterocycles. The summed E-state index contributed by atoms with van der Waals surface area (Å²) in [5.41, 5.74) is 1.89. The minimum atomic E-state index is -0.463. The molecule has 1 aromatic rings. The first-order valence-electron chi connectivity index (χ1n) is 4.94. The number of aryl methyl sites for hydroxylation is 1. The molecule has 0 radical (unpaired) electrons. The summed E-state index contributed by atoms with van der Waals surface area (Å²) in [5, 5.41) is 0. The zero-order chi connectivity index (χ0) is 12.3. The third-order valence-electron chi connectivity index (χ3n) is 1.82. The Morgan fingerprint density at radius 3 is 2.56 bits per heavy atom. The smallest absolute Gasteiger partial charge is 0.275 e. The van der Waals surface area contributed by atoms with Crippen LogP contribution in [0.15, 0.2) is 23.1 Å². The number of rotatable bonds is 2. The molecule has 1 heterocycles. The van der Waals surface area contributed by atoms with Crippen molar-refractivity contribution in [1.29, 1.82) is 0 Å². The van der Waals surface area contributed by atoms with Crippen molar-refractivity contribution in [2.24, 2.45) is 7.05 Å². The maximum absolute atomic E-state index is 11.6. The quantitative estimate of drug-likeness (QED) is 0.757. The lowest BCUT2D eigenvalue weighted by atomic mass is 10.2. The molecule has 0 saturated heterocycles. The lowest BCUT2D eigenvalue weighted by molar-refractivity contribution is -0.0589. The minimum Gasteiger partial charge on any atom is -0.319 e. The summed E-state index contributed by atoms with van der Waals surface area (Å²) in [6.07, 6.45) is 1.54. The first-order chi connectivity index (χ1) is 7.29. The molecule has 0 fully saturated rings. The van der Waals surface area contributed by atoms with E-state index in [0.717, 1.165) is 0 Å². The second kappa shape index (κ2) is 4.49. The molecular formula is C11H16N2O3. The largest absolute Gasteiger partial charge is 0.319 e. The summed E-state index contributed by atoms with van der Waals surface area (Å²) < 4.78 is 1.39. The highest BCUT2D eigenvalue weighted by atomic mass is 16.7. The van der Waals surface area contributed by atoms with Gasteiger partial charge < -0.3 is 4.57 Å². The van der Waals surface area contributed by atoms with Crippen LogP contribution in [0.4, 0.5) is 0 Å². The van der Waals surface area contributed by atoms with Crippen molar-refractivity contribution in [1.82, 2.24) is 10.0 Å². The fourth-order valence-electron chi connectivity index (χ4n) is 0.948. The normalized spacial score (nSPS) is 11.2. The number of aromatic nitrogens is 1. The van der Waals surface area contributed by atoms with Crippen LogP contribution < -0.4 is 11.0 Å². The predicted molar refractivity (Wildman–Crippen MR) is 60.0 cm³/mol. The number of carbonyl (C=O) groups excluding carboxylic acids is 1. The van der Waals surface area contributed by atoms with Gasteiger partial charge in [-0.1, -0.05) is 0 Å². The van der Waals surface area contributed by atoms with Crippen LogP contribution in [-0.2, 0) is 11.9 Å². The molecule has 1 amide bonds. The van der Waals surface area contributed by atoms with E-state index in [1.807, 2.05) is 20.8 Å². The Morgan fingerprint density at radius 1 is 1.44 bits per heavy atom. The molecule has 0 aliphatic rings. The molecule has 0 spiro atoms. The van der Waals surface area contributed by atoms with Crippen LogP contribution in [-0.4, -0.2) is 16.1 Å². The number of nitrogens with zero attached hydrogens (tertiary/aromatic N) is 1. The highest BCUT2D eigenvalue weighted by Gasteiger charge is 2.14. The number of amides is 1. The van der Waals surface area contributed by atoms with Crippen molar-refractivity contribution in [3.63, 3.8) is 0 Å². The fraction of sp³-hybridized carbons (Fsp3) is 0.455. The van der Waals surface area contributed by atoms with Crippen molar-refractivity contribution >= 4 is 5.91 Å². The zero-order valence-corrected chi connectivity index (χ0v) is 9.90. The summed E-state index contributed by atoms with van der Waals surface area (Å²) in [4.78, 5) is 28.0. The molecule has 0 saturated carbocycles. The highest BCUT2D eigenvalue weighted by molar-refractivity contribution is 5.93. The van der Waals surface area contributed by atoms with Gasteiger partial charge in [-0.25, -0.2) is 5.48 Å². The lowest BCUT2D eigenvalue weighted by Gasteiger charge is -2.18. The van der Waals surface area contributed by atoms with E-state index < -0.39 is 11.5 Å². The highest BCUT2D eigenvalue weighted by Crippen LogP contribution is 2.04. The molecule has 0 unspecified atom stereocenters. The van der Waals surface area contributed by atoms with Gasteiger partial charge in [-0.2, -0.15) is 0 Å². The summed E-state index contributed by atoms with van der Waals surface area (Å²) in [6.45, 7) is 5.45. The molecule has 1 N–H and O–H groups in total. The molecule has 5 heteroatoms. The number of nitrogens with one attached hydrogen (secondary N) is 1. The van der Waals surface area contributed by atoms with Crippen molar-refractivity contribution < 1.29 is 9.63 Å². The Bertz CT molecular complexity index is 443. The Kier molecular flexibility index (Phi) is 3.49. The second-order valence-electron chi connectivity index (χ2n) is 4.51. The van der Waals surface area contributed by atoms with Crippen LogP contribution in [0, 0.1) is 0 Å². The van der Waals surface area contributed by atoms with Gasteiger partial charge in [0.05, 0.1) is 5.60 Å². The molecular weight excluding hydrogens is 208 g/mol. The van der Waals surface area contributed by atoms with Crippen molar-refractivity contribution in [3.8, 4) is 0 Å². The molecule has 5 nitrogen and oxygen atoms in total. The number of hydrogen-bond donors (Lipinski definition) is 1. The Balaban J connectivity index is 2.74. The topological polar surface area (TPSA) is 60.3 Å². The van der Waals surface area contributed by atoms with Gasteiger partial charge in [-0.05, 0) is 26.8 Å². The second-order valence-corrected chi connectivity index (χ2v) is 4.51. The van der Waals surface area contributed by atoms with E-state index in [0.29, 0.717) is 0 Å². The fourth-order valence-corrected chi connectivity index (χ4v) is 0.948. The molecule has 0 aromatic carbocycles. The van der Waals surface area contributed by atoms with Crippen LogP contribution in [0.5, 0.6) is 0 Å². The van der Waals surface area contributed by atoms with E-state index in [1.165, 1.54) is 16.8 Å². The monoisotopic (exact) mass is 224 g/mol. The molecule has 88 valence electrons. The summed E-state index contributed by atoms with van der Waals surface area (Å²) in [5.74, 6) is -0.423. The van der Waals surface area contributed by atoms with Gasteiger partial charge in [0.25, 0.3) is 11.5 Å². The van der Waals surface area contributed by atoms with Crippen LogP contribution in [0.3, 0.4) is 0 Å². The number of carbonyl (C=O) groups is 1. The first kappa shape index (κ1) is 12.4. The van der Waals surface area contributed by atoms with Gasteiger partial charge in [0.15, 0.2) is 0 Å². The molecule has 1 aromatic heterocycles. The average Bonchev–Trinajstić information content (AvgIpc) is 2.17. The van der Waals surface area contributed by atoms with E-state index in [-0.39, 0.29) is 11.1 Å².